The van der Waals surface area contributed by atoms with Crippen LogP contribution in [0.15, 0.2) is 24.4 Å². The van der Waals surface area contributed by atoms with E-state index in [2.05, 4.69) is 39.1 Å². The summed E-state index contributed by atoms with van der Waals surface area (Å²) >= 11 is 5.96. The molecule has 0 aliphatic heterocycles. The predicted molar refractivity (Wildman–Crippen MR) is 84.8 cm³/mol. The zero-order valence-electron chi connectivity index (χ0n) is 12.3. The van der Waals surface area contributed by atoms with Gasteiger partial charge in [0.15, 0.2) is 0 Å². The number of rotatable bonds is 7. The maximum atomic E-state index is 5.96. The maximum absolute atomic E-state index is 5.96. The van der Waals surface area contributed by atoms with Gasteiger partial charge >= 0.3 is 0 Å². The van der Waals surface area contributed by atoms with E-state index in [0.29, 0.717) is 18.4 Å². The van der Waals surface area contributed by atoms with Gasteiger partial charge in [-0.25, -0.2) is 0 Å². The Labute approximate surface area is 129 Å². The Bertz CT molecular complexity index is 559. The molecule has 0 saturated carbocycles. The largest absolute Gasteiger partial charge is 0.354 e. The number of anilines is 2. The van der Waals surface area contributed by atoms with Crippen LogP contribution in [0.25, 0.3) is 0 Å². The Kier molecular flexibility index (Phi) is 5.68. The fourth-order valence-corrected chi connectivity index (χ4v) is 2.07. The third-order valence-electron chi connectivity index (χ3n) is 3.03. The molecule has 0 aliphatic carbocycles. The Hall–Kier alpha value is -1.95. The van der Waals surface area contributed by atoms with Gasteiger partial charge in [-0.3, -0.25) is 4.98 Å². The molecule has 0 fully saturated rings. The Morgan fingerprint density at radius 2 is 1.95 bits per heavy atom. The highest BCUT2D eigenvalue weighted by molar-refractivity contribution is 6.28. The highest BCUT2D eigenvalue weighted by Gasteiger charge is 2.09. The molecule has 0 atom stereocenters. The number of aromatic nitrogens is 4. The third-order valence-corrected chi connectivity index (χ3v) is 3.20. The molecular weight excluding hydrogens is 288 g/mol. The van der Waals surface area contributed by atoms with Gasteiger partial charge in [0.1, 0.15) is 0 Å². The summed E-state index contributed by atoms with van der Waals surface area (Å²) < 4.78 is 0. The highest BCUT2D eigenvalue weighted by Crippen LogP contribution is 2.13. The zero-order valence-corrected chi connectivity index (χ0v) is 13.0. The summed E-state index contributed by atoms with van der Waals surface area (Å²) in [6.45, 7) is 6.44. The van der Waals surface area contributed by atoms with Crippen LogP contribution < -0.4 is 10.2 Å². The van der Waals surface area contributed by atoms with E-state index in [1.807, 2.05) is 23.1 Å². The highest BCUT2D eigenvalue weighted by atomic mass is 35.5. The van der Waals surface area contributed by atoms with Gasteiger partial charge in [0.2, 0.25) is 17.2 Å². The van der Waals surface area contributed by atoms with E-state index in [4.69, 9.17) is 11.6 Å². The molecule has 1 N–H and O–H groups in total. The molecule has 6 nitrogen and oxygen atoms in total. The second-order valence-corrected chi connectivity index (χ2v) is 4.74. The van der Waals surface area contributed by atoms with Crippen molar-refractivity contribution >= 4 is 23.5 Å². The smallest absolute Gasteiger partial charge is 0.231 e. The topological polar surface area (TPSA) is 66.8 Å². The fourth-order valence-electron chi connectivity index (χ4n) is 1.91. The molecule has 2 rings (SSSR count). The van der Waals surface area contributed by atoms with Crippen LogP contribution >= 0.6 is 11.6 Å². The van der Waals surface area contributed by atoms with Gasteiger partial charge in [-0.2, -0.15) is 15.0 Å². The van der Waals surface area contributed by atoms with E-state index in [-0.39, 0.29) is 5.28 Å². The molecule has 0 saturated heterocycles. The minimum atomic E-state index is 0.201. The zero-order chi connectivity index (χ0) is 15.1. The normalized spacial score (nSPS) is 10.4. The molecule has 0 aromatic carbocycles. The van der Waals surface area contributed by atoms with E-state index < -0.39 is 0 Å². The standard InChI is InChI=1S/C14H19ClN6/c1-3-21(4-2)14-19-12(15)18-13(20-14)17-10-8-11-7-5-6-9-16-11/h5-7,9H,3-4,8,10H2,1-2H3,(H,17,18,19,20). The van der Waals surface area contributed by atoms with Crippen LogP contribution in [0.5, 0.6) is 0 Å². The molecule has 0 spiro atoms. The van der Waals surface area contributed by atoms with E-state index in [1.54, 1.807) is 6.20 Å². The molecule has 21 heavy (non-hydrogen) atoms. The van der Waals surface area contributed by atoms with Gasteiger partial charge in [-0.05, 0) is 37.6 Å². The number of pyridine rings is 1. The number of halogens is 1. The van der Waals surface area contributed by atoms with Gasteiger partial charge < -0.3 is 10.2 Å². The summed E-state index contributed by atoms with van der Waals surface area (Å²) in [5, 5.41) is 3.37. The van der Waals surface area contributed by atoms with E-state index in [9.17, 15) is 0 Å². The Morgan fingerprint density at radius 3 is 2.62 bits per heavy atom. The predicted octanol–water partition coefficient (Wildman–Crippen LogP) is 2.42. The van der Waals surface area contributed by atoms with E-state index in [1.165, 1.54) is 0 Å². The molecular formula is C14H19ClN6. The van der Waals surface area contributed by atoms with Crippen LogP contribution in [0, 0.1) is 0 Å². The number of hydrogen-bond donors (Lipinski definition) is 1. The monoisotopic (exact) mass is 306 g/mol. The quantitative estimate of drug-likeness (QED) is 0.847. The van der Waals surface area contributed by atoms with Crippen molar-refractivity contribution in [2.24, 2.45) is 0 Å². The van der Waals surface area contributed by atoms with Crippen molar-refractivity contribution in [3.63, 3.8) is 0 Å². The molecule has 112 valence electrons. The van der Waals surface area contributed by atoms with Crippen molar-refractivity contribution in [2.75, 3.05) is 29.9 Å². The van der Waals surface area contributed by atoms with Gasteiger partial charge in [-0.15, -0.1) is 0 Å². The van der Waals surface area contributed by atoms with Crippen molar-refractivity contribution in [1.82, 2.24) is 19.9 Å². The molecule has 0 bridgehead atoms. The third kappa shape index (κ3) is 4.53. The molecule has 0 aliphatic rings. The summed E-state index contributed by atoms with van der Waals surface area (Å²) in [6, 6.07) is 5.86. The van der Waals surface area contributed by atoms with Crippen LogP contribution in [0.2, 0.25) is 5.28 Å². The molecule has 0 amide bonds. The summed E-state index contributed by atoms with van der Waals surface area (Å²) in [4.78, 5) is 19.0. The lowest BCUT2D eigenvalue weighted by molar-refractivity contribution is 0.810. The molecule has 2 aromatic rings. The minimum Gasteiger partial charge on any atom is -0.354 e. The summed E-state index contributed by atoms with van der Waals surface area (Å²) in [6.07, 6.45) is 2.58. The average Bonchev–Trinajstić information content (AvgIpc) is 2.49. The molecule has 7 heteroatoms. The van der Waals surface area contributed by atoms with Crippen molar-refractivity contribution < 1.29 is 0 Å². The van der Waals surface area contributed by atoms with Gasteiger partial charge in [-0.1, -0.05) is 6.07 Å². The lowest BCUT2D eigenvalue weighted by Crippen LogP contribution is -2.25. The SMILES string of the molecule is CCN(CC)c1nc(Cl)nc(NCCc2ccccn2)n1. The minimum absolute atomic E-state index is 0.201. The van der Waals surface area contributed by atoms with Crippen molar-refractivity contribution in [1.29, 1.82) is 0 Å². The molecule has 0 radical (unpaired) electrons. The van der Waals surface area contributed by atoms with Crippen LogP contribution in [0.4, 0.5) is 11.9 Å². The lowest BCUT2D eigenvalue weighted by Gasteiger charge is -2.18. The summed E-state index contributed by atoms with van der Waals surface area (Å²) in [5.41, 5.74) is 1.02. The van der Waals surface area contributed by atoms with Gasteiger partial charge in [0, 0.05) is 37.9 Å². The van der Waals surface area contributed by atoms with Gasteiger partial charge in [0.05, 0.1) is 0 Å². The fraction of sp³-hybridized carbons (Fsp3) is 0.429. The second-order valence-electron chi connectivity index (χ2n) is 4.40. The van der Waals surface area contributed by atoms with Crippen molar-refractivity contribution in [2.45, 2.75) is 20.3 Å². The lowest BCUT2D eigenvalue weighted by atomic mass is 10.3. The van der Waals surface area contributed by atoms with Gasteiger partial charge in [0.25, 0.3) is 0 Å². The van der Waals surface area contributed by atoms with Crippen LogP contribution in [-0.2, 0) is 6.42 Å². The van der Waals surface area contributed by atoms with Crippen LogP contribution in [0.3, 0.4) is 0 Å². The Balaban J connectivity index is 1.99. The molecule has 2 aromatic heterocycles. The second kappa shape index (κ2) is 7.73. The van der Waals surface area contributed by atoms with E-state index >= 15 is 0 Å². The molecule has 0 unspecified atom stereocenters. The van der Waals surface area contributed by atoms with Crippen molar-refractivity contribution in [3.05, 3.63) is 35.4 Å². The van der Waals surface area contributed by atoms with E-state index in [0.717, 1.165) is 25.2 Å². The maximum Gasteiger partial charge on any atom is 0.231 e. The van der Waals surface area contributed by atoms with Crippen molar-refractivity contribution in [3.8, 4) is 0 Å². The summed E-state index contributed by atoms with van der Waals surface area (Å²) in [7, 11) is 0. The first kappa shape index (κ1) is 15.4. The average molecular weight is 307 g/mol. The summed E-state index contributed by atoms with van der Waals surface area (Å²) in [5.74, 6) is 1.09. The first-order valence-corrected chi connectivity index (χ1v) is 7.41. The number of nitrogens with zero attached hydrogens (tertiary/aromatic N) is 5. The first-order chi connectivity index (χ1) is 10.2. The number of hydrogen-bond acceptors (Lipinski definition) is 6. The van der Waals surface area contributed by atoms with Crippen LogP contribution in [0.1, 0.15) is 19.5 Å². The number of nitrogens with one attached hydrogen (secondary N) is 1. The first-order valence-electron chi connectivity index (χ1n) is 7.03. The Morgan fingerprint density at radius 1 is 1.14 bits per heavy atom. The molecule has 2 heterocycles. The van der Waals surface area contributed by atoms with Crippen LogP contribution in [-0.4, -0.2) is 39.6 Å².